The minimum atomic E-state index is -0.415. The van der Waals surface area contributed by atoms with Crippen LogP contribution in [0.5, 0.6) is 0 Å². The smallest absolute Gasteiger partial charge is 0.212 e. The predicted molar refractivity (Wildman–Crippen MR) is 102 cm³/mol. The van der Waals surface area contributed by atoms with Crippen molar-refractivity contribution in [2.24, 2.45) is 0 Å². The second-order valence-corrected chi connectivity index (χ2v) is 6.41. The first-order chi connectivity index (χ1) is 13.5. The van der Waals surface area contributed by atoms with E-state index < -0.39 is 6.10 Å². The van der Waals surface area contributed by atoms with E-state index in [1.807, 2.05) is 13.8 Å². The summed E-state index contributed by atoms with van der Waals surface area (Å²) in [6.07, 6.45) is 6.80. The highest BCUT2D eigenvalue weighted by Crippen LogP contribution is 2.37. The highest BCUT2D eigenvalue weighted by atomic mass is 19.1. The average molecular weight is 382 g/mol. The van der Waals surface area contributed by atoms with Crippen molar-refractivity contribution in [3.05, 3.63) is 41.7 Å². The van der Waals surface area contributed by atoms with Gasteiger partial charge in [0.25, 0.3) is 0 Å². The molecule has 4 aromatic rings. The van der Waals surface area contributed by atoms with Gasteiger partial charge in [-0.05, 0) is 26.3 Å². The van der Waals surface area contributed by atoms with Crippen LogP contribution in [0.3, 0.4) is 0 Å². The average Bonchev–Trinajstić information content (AvgIpc) is 3.29. The van der Waals surface area contributed by atoms with Crippen molar-refractivity contribution >= 4 is 28.8 Å². The Labute approximate surface area is 159 Å². The molecule has 0 spiro atoms. The number of aromatic amines is 1. The van der Waals surface area contributed by atoms with Gasteiger partial charge in [0.05, 0.1) is 35.9 Å². The van der Waals surface area contributed by atoms with Gasteiger partial charge in [-0.1, -0.05) is 0 Å². The Morgan fingerprint density at radius 2 is 2.21 bits per heavy atom. The van der Waals surface area contributed by atoms with Gasteiger partial charge >= 0.3 is 0 Å². The number of fused-ring (bicyclic) bond motifs is 2. The molecule has 8 nitrogen and oxygen atoms in total. The van der Waals surface area contributed by atoms with Crippen molar-refractivity contribution < 1.29 is 13.9 Å². The fourth-order valence-corrected chi connectivity index (χ4v) is 3.51. The van der Waals surface area contributed by atoms with Gasteiger partial charge in [-0.3, -0.25) is 14.9 Å². The number of H-pyrrole nitrogens is 1. The van der Waals surface area contributed by atoms with Gasteiger partial charge < -0.3 is 14.5 Å². The Balaban J connectivity index is 1.93. The first kappa shape index (κ1) is 18.1. The molecular formula is C19H19FN6O2. The van der Waals surface area contributed by atoms with E-state index in [2.05, 4.69) is 25.5 Å². The van der Waals surface area contributed by atoms with Crippen molar-refractivity contribution in [2.75, 3.05) is 11.9 Å². The van der Waals surface area contributed by atoms with Crippen LogP contribution < -0.4 is 5.32 Å². The normalized spacial score (nSPS) is 12.6. The maximum absolute atomic E-state index is 15.3. The first-order valence-corrected chi connectivity index (χ1v) is 8.87. The molecule has 1 atom stereocenters. The lowest BCUT2D eigenvalue weighted by atomic mass is 9.95. The van der Waals surface area contributed by atoms with Crippen LogP contribution in [0.2, 0.25) is 0 Å². The molecule has 0 aliphatic rings. The number of imidazole rings is 1. The number of anilines is 1. The molecule has 0 radical (unpaired) electrons. The number of carbonyl (C=O) groups is 1. The number of amides is 1. The third kappa shape index (κ3) is 2.80. The SMILES string of the molecule is CCOC(C)c1c(F)c(C)c(-c2cn3cc(NC=O)nc3cn2)c2cn[nH]c12. The summed E-state index contributed by atoms with van der Waals surface area (Å²) < 4.78 is 22.7. The molecule has 1 amide bonds. The zero-order valence-corrected chi connectivity index (χ0v) is 15.7. The van der Waals surface area contributed by atoms with Gasteiger partial charge in [0.2, 0.25) is 6.41 Å². The lowest BCUT2D eigenvalue weighted by Crippen LogP contribution is -2.07. The van der Waals surface area contributed by atoms with Crippen LogP contribution in [0.25, 0.3) is 27.8 Å². The number of ether oxygens (including phenoxy) is 1. The van der Waals surface area contributed by atoms with Crippen molar-refractivity contribution in [2.45, 2.75) is 26.9 Å². The number of hydrogen-bond acceptors (Lipinski definition) is 5. The van der Waals surface area contributed by atoms with Crippen molar-refractivity contribution in [3.8, 4) is 11.3 Å². The Morgan fingerprint density at radius 1 is 1.39 bits per heavy atom. The molecule has 0 bridgehead atoms. The second-order valence-electron chi connectivity index (χ2n) is 6.41. The van der Waals surface area contributed by atoms with Crippen LogP contribution in [0.15, 0.2) is 24.8 Å². The van der Waals surface area contributed by atoms with Gasteiger partial charge in [0.15, 0.2) is 11.5 Å². The van der Waals surface area contributed by atoms with E-state index in [-0.39, 0.29) is 5.82 Å². The molecule has 2 N–H and O–H groups in total. The van der Waals surface area contributed by atoms with Crippen LogP contribution >= 0.6 is 0 Å². The third-order valence-corrected chi connectivity index (χ3v) is 4.75. The summed E-state index contributed by atoms with van der Waals surface area (Å²) in [7, 11) is 0. The molecule has 1 unspecified atom stereocenters. The topological polar surface area (TPSA) is 97.2 Å². The molecule has 1 aromatic carbocycles. The number of halogens is 1. The fraction of sp³-hybridized carbons (Fsp3) is 0.263. The van der Waals surface area contributed by atoms with E-state index in [1.54, 1.807) is 36.1 Å². The molecular weight excluding hydrogens is 363 g/mol. The molecule has 28 heavy (non-hydrogen) atoms. The molecule has 0 aliphatic carbocycles. The number of nitrogens with one attached hydrogen (secondary N) is 2. The van der Waals surface area contributed by atoms with E-state index in [1.165, 1.54) is 0 Å². The molecule has 0 aliphatic heterocycles. The number of carbonyl (C=O) groups excluding carboxylic acids is 1. The van der Waals surface area contributed by atoms with E-state index >= 15 is 4.39 Å². The maximum atomic E-state index is 15.3. The minimum absolute atomic E-state index is 0.344. The van der Waals surface area contributed by atoms with Crippen molar-refractivity contribution in [3.63, 3.8) is 0 Å². The number of aromatic nitrogens is 5. The first-order valence-electron chi connectivity index (χ1n) is 8.87. The van der Waals surface area contributed by atoms with Crippen LogP contribution in [0.4, 0.5) is 10.2 Å². The standard InChI is InChI=1S/C19H19FN6O2/c1-4-28-11(3)17-18(20)10(2)16(12-5-23-25-19(12)17)13-7-26-8-14(22-9-27)24-15(26)6-21-13/h5-9,11H,4H2,1-3H3,(H,22,27)(H,23,25). The van der Waals surface area contributed by atoms with E-state index in [0.717, 1.165) is 5.39 Å². The summed E-state index contributed by atoms with van der Waals surface area (Å²) in [5, 5.41) is 10.3. The highest BCUT2D eigenvalue weighted by Gasteiger charge is 2.24. The summed E-state index contributed by atoms with van der Waals surface area (Å²) >= 11 is 0. The van der Waals surface area contributed by atoms with Gasteiger partial charge in [0, 0.05) is 29.3 Å². The molecule has 0 saturated carbocycles. The fourth-order valence-electron chi connectivity index (χ4n) is 3.51. The highest BCUT2D eigenvalue weighted by molar-refractivity contribution is 5.97. The summed E-state index contributed by atoms with van der Waals surface area (Å²) in [6.45, 7) is 5.89. The summed E-state index contributed by atoms with van der Waals surface area (Å²) in [5.41, 5.74) is 3.30. The summed E-state index contributed by atoms with van der Waals surface area (Å²) in [6, 6.07) is 0. The molecule has 4 rings (SSSR count). The maximum Gasteiger partial charge on any atom is 0.212 e. The number of benzene rings is 1. The molecule has 3 heterocycles. The Hall–Kier alpha value is -3.33. The minimum Gasteiger partial charge on any atom is -0.374 e. The van der Waals surface area contributed by atoms with E-state index in [0.29, 0.717) is 52.4 Å². The zero-order chi connectivity index (χ0) is 19.8. The van der Waals surface area contributed by atoms with Gasteiger partial charge in [-0.2, -0.15) is 5.10 Å². The van der Waals surface area contributed by atoms with Crippen LogP contribution in [0.1, 0.15) is 31.1 Å². The number of nitrogens with zero attached hydrogens (tertiary/aromatic N) is 4. The molecule has 0 saturated heterocycles. The lowest BCUT2D eigenvalue weighted by Gasteiger charge is -2.18. The third-order valence-electron chi connectivity index (χ3n) is 4.75. The largest absolute Gasteiger partial charge is 0.374 e. The van der Waals surface area contributed by atoms with Crippen LogP contribution in [0, 0.1) is 12.7 Å². The Morgan fingerprint density at radius 3 is 2.96 bits per heavy atom. The monoisotopic (exact) mass is 382 g/mol. The number of hydrogen-bond donors (Lipinski definition) is 2. The predicted octanol–water partition coefficient (Wildman–Crippen LogP) is 3.39. The van der Waals surface area contributed by atoms with Crippen molar-refractivity contribution in [1.29, 1.82) is 0 Å². The zero-order valence-electron chi connectivity index (χ0n) is 15.7. The molecule has 0 fully saturated rings. The lowest BCUT2D eigenvalue weighted by molar-refractivity contribution is -0.105. The molecule has 144 valence electrons. The van der Waals surface area contributed by atoms with Gasteiger partial charge in [-0.25, -0.2) is 9.37 Å². The quantitative estimate of drug-likeness (QED) is 0.498. The van der Waals surface area contributed by atoms with Crippen LogP contribution in [-0.4, -0.2) is 37.6 Å². The summed E-state index contributed by atoms with van der Waals surface area (Å²) in [4.78, 5) is 19.3. The van der Waals surface area contributed by atoms with Gasteiger partial charge in [-0.15, -0.1) is 0 Å². The number of rotatable bonds is 6. The molecule has 3 aromatic heterocycles. The Kier molecular flexibility index (Phi) is 4.52. The van der Waals surface area contributed by atoms with E-state index in [9.17, 15) is 4.79 Å². The van der Waals surface area contributed by atoms with E-state index in [4.69, 9.17) is 4.74 Å². The van der Waals surface area contributed by atoms with Gasteiger partial charge in [0.1, 0.15) is 5.82 Å². The Bertz CT molecular complexity index is 1180. The second kappa shape index (κ2) is 7.01. The van der Waals surface area contributed by atoms with Crippen molar-refractivity contribution in [1.82, 2.24) is 24.6 Å². The molecule has 9 heteroatoms. The van der Waals surface area contributed by atoms with Crippen LogP contribution in [-0.2, 0) is 9.53 Å². The summed E-state index contributed by atoms with van der Waals surface area (Å²) in [5.74, 6) is 0.0646.